The summed E-state index contributed by atoms with van der Waals surface area (Å²) in [5.41, 5.74) is 0. The summed E-state index contributed by atoms with van der Waals surface area (Å²) in [5, 5.41) is 0. The van der Waals surface area contributed by atoms with Crippen LogP contribution in [0.15, 0.2) is 12.4 Å². The van der Waals surface area contributed by atoms with Gasteiger partial charge in [0.15, 0.2) is 0 Å². The van der Waals surface area contributed by atoms with Crippen molar-refractivity contribution in [2.75, 3.05) is 0 Å². The van der Waals surface area contributed by atoms with Gasteiger partial charge in [-0.25, -0.2) is 9.13 Å². The predicted octanol–water partition coefficient (Wildman–Crippen LogP) is 7.62. The molecule has 0 aromatic carbocycles. The van der Waals surface area contributed by atoms with Crippen LogP contribution in [0, 0.1) is 0 Å². The number of rotatable bonds is 19. The van der Waals surface area contributed by atoms with E-state index in [1.165, 1.54) is 122 Å². The highest BCUT2D eigenvalue weighted by atomic mass is 15.1. The molecule has 0 atom stereocenters. The van der Waals surface area contributed by atoms with Crippen molar-refractivity contribution in [2.24, 2.45) is 0 Å². The van der Waals surface area contributed by atoms with E-state index in [0.29, 0.717) is 0 Å². The van der Waals surface area contributed by atoms with Crippen LogP contribution >= 0.6 is 0 Å². The SMILES string of the molecule is CCCCCCCCCC[n+]1ccn(CCCC)c1CCCCCCCC. The summed E-state index contributed by atoms with van der Waals surface area (Å²) in [6, 6.07) is 0. The van der Waals surface area contributed by atoms with Crippen LogP contribution in [0.2, 0.25) is 0 Å². The molecule has 1 heterocycles. The Morgan fingerprint density at radius 2 is 1.15 bits per heavy atom. The van der Waals surface area contributed by atoms with Crippen LogP contribution in [0.3, 0.4) is 0 Å². The van der Waals surface area contributed by atoms with Crippen LogP contribution < -0.4 is 4.57 Å². The van der Waals surface area contributed by atoms with Crippen LogP contribution in [0.5, 0.6) is 0 Å². The van der Waals surface area contributed by atoms with Gasteiger partial charge in [-0.15, -0.1) is 0 Å². The summed E-state index contributed by atoms with van der Waals surface area (Å²) >= 11 is 0. The maximum absolute atomic E-state index is 2.57. The van der Waals surface area contributed by atoms with Crippen molar-refractivity contribution in [2.45, 2.75) is 143 Å². The molecule has 158 valence electrons. The normalized spacial score (nSPS) is 11.4. The molecule has 0 aliphatic rings. The van der Waals surface area contributed by atoms with Gasteiger partial charge < -0.3 is 0 Å². The van der Waals surface area contributed by atoms with E-state index in [1.807, 2.05) is 0 Å². The van der Waals surface area contributed by atoms with Gasteiger partial charge in [-0.3, -0.25) is 0 Å². The Morgan fingerprint density at radius 3 is 1.74 bits per heavy atom. The molecule has 2 heteroatoms. The molecule has 0 saturated heterocycles. The first kappa shape index (κ1) is 24.2. The van der Waals surface area contributed by atoms with Gasteiger partial charge in [0, 0.05) is 6.42 Å². The van der Waals surface area contributed by atoms with Crippen molar-refractivity contribution in [3.63, 3.8) is 0 Å². The minimum atomic E-state index is 1.20. The molecule has 0 spiro atoms. The van der Waals surface area contributed by atoms with Crippen molar-refractivity contribution in [1.29, 1.82) is 0 Å². The lowest BCUT2D eigenvalue weighted by atomic mass is 10.1. The third kappa shape index (κ3) is 11.6. The van der Waals surface area contributed by atoms with Gasteiger partial charge in [0.25, 0.3) is 5.82 Å². The monoisotopic (exact) mass is 377 g/mol. The molecule has 0 bridgehead atoms. The Bertz CT molecular complexity index is 436. The highest BCUT2D eigenvalue weighted by Crippen LogP contribution is 2.11. The molecular formula is C25H49N2+. The molecule has 0 radical (unpaired) electrons. The molecule has 1 aromatic heterocycles. The fourth-order valence-electron chi connectivity index (χ4n) is 4.00. The van der Waals surface area contributed by atoms with Gasteiger partial charge in [0.05, 0.1) is 13.1 Å². The van der Waals surface area contributed by atoms with Crippen LogP contribution in [0.4, 0.5) is 0 Å². The average Bonchev–Trinajstić information content (AvgIpc) is 3.06. The molecule has 0 amide bonds. The van der Waals surface area contributed by atoms with Crippen LogP contribution in [-0.2, 0) is 19.5 Å². The molecule has 0 saturated carbocycles. The maximum atomic E-state index is 2.57. The van der Waals surface area contributed by atoms with E-state index in [0.717, 1.165) is 0 Å². The second kappa shape index (κ2) is 17.3. The smallest absolute Gasteiger partial charge is 0.234 e. The first-order valence-corrected chi connectivity index (χ1v) is 12.4. The molecule has 0 unspecified atom stereocenters. The lowest BCUT2D eigenvalue weighted by molar-refractivity contribution is -0.704. The first-order valence-electron chi connectivity index (χ1n) is 12.4. The number of nitrogens with zero attached hydrogens (tertiary/aromatic N) is 2. The van der Waals surface area contributed by atoms with Crippen molar-refractivity contribution in [3.05, 3.63) is 18.2 Å². The number of hydrogen-bond donors (Lipinski definition) is 0. The predicted molar refractivity (Wildman–Crippen MR) is 119 cm³/mol. The molecule has 0 aliphatic heterocycles. The second-order valence-electron chi connectivity index (χ2n) is 8.45. The van der Waals surface area contributed by atoms with Gasteiger partial charge in [0.1, 0.15) is 12.4 Å². The van der Waals surface area contributed by atoms with Gasteiger partial charge in [0.2, 0.25) is 0 Å². The molecule has 0 aliphatic carbocycles. The maximum Gasteiger partial charge on any atom is 0.256 e. The average molecular weight is 378 g/mol. The minimum absolute atomic E-state index is 1.20. The van der Waals surface area contributed by atoms with Crippen LogP contribution in [0.25, 0.3) is 0 Å². The summed E-state index contributed by atoms with van der Waals surface area (Å²) in [5.74, 6) is 1.59. The zero-order valence-corrected chi connectivity index (χ0v) is 19.0. The quantitative estimate of drug-likeness (QED) is 0.173. The first-order chi connectivity index (χ1) is 13.3. The van der Waals surface area contributed by atoms with Gasteiger partial charge in [-0.2, -0.15) is 0 Å². The summed E-state index contributed by atoms with van der Waals surface area (Å²) in [6.45, 7) is 9.32. The van der Waals surface area contributed by atoms with Gasteiger partial charge in [-0.1, -0.05) is 97.8 Å². The molecule has 1 aromatic rings. The number of aromatic nitrogens is 2. The standard InChI is InChI=1S/C25H49N2/c1-4-7-10-12-14-15-17-19-22-27-24-23-26(21-9-6-3)25(27)20-18-16-13-11-8-5-2/h23-24H,4-22H2,1-3H3/q+1. The van der Waals surface area contributed by atoms with Crippen molar-refractivity contribution >= 4 is 0 Å². The summed E-state index contributed by atoms with van der Waals surface area (Å²) in [6.07, 6.45) is 28.2. The van der Waals surface area contributed by atoms with Crippen LogP contribution in [-0.4, -0.2) is 4.57 Å². The fourth-order valence-corrected chi connectivity index (χ4v) is 4.00. The number of aryl methyl sites for hydroxylation is 2. The van der Waals surface area contributed by atoms with Crippen molar-refractivity contribution in [1.82, 2.24) is 4.57 Å². The van der Waals surface area contributed by atoms with E-state index in [9.17, 15) is 0 Å². The van der Waals surface area contributed by atoms with Crippen LogP contribution in [0.1, 0.15) is 129 Å². The Hall–Kier alpha value is -0.790. The Kier molecular flexibility index (Phi) is 15.6. The third-order valence-electron chi connectivity index (χ3n) is 5.85. The molecule has 1 rings (SSSR count). The van der Waals surface area contributed by atoms with Gasteiger partial charge >= 0.3 is 0 Å². The van der Waals surface area contributed by atoms with Crippen molar-refractivity contribution in [3.8, 4) is 0 Å². The van der Waals surface area contributed by atoms with E-state index in [2.05, 4.69) is 42.3 Å². The number of unbranched alkanes of at least 4 members (excludes halogenated alkanes) is 13. The summed E-state index contributed by atoms with van der Waals surface area (Å²) < 4.78 is 5.11. The van der Waals surface area contributed by atoms with E-state index < -0.39 is 0 Å². The van der Waals surface area contributed by atoms with E-state index >= 15 is 0 Å². The highest BCUT2D eigenvalue weighted by molar-refractivity contribution is 4.84. The molecular weight excluding hydrogens is 328 g/mol. The van der Waals surface area contributed by atoms with E-state index in [4.69, 9.17) is 0 Å². The summed E-state index contributed by atoms with van der Waals surface area (Å²) in [4.78, 5) is 0. The lowest BCUT2D eigenvalue weighted by Gasteiger charge is -2.06. The van der Waals surface area contributed by atoms with Crippen molar-refractivity contribution < 1.29 is 4.57 Å². The highest BCUT2D eigenvalue weighted by Gasteiger charge is 2.16. The topological polar surface area (TPSA) is 8.81 Å². The third-order valence-corrected chi connectivity index (χ3v) is 5.85. The zero-order valence-electron chi connectivity index (χ0n) is 19.0. The Balaban J connectivity index is 2.34. The molecule has 0 fully saturated rings. The lowest BCUT2D eigenvalue weighted by Crippen LogP contribution is -2.37. The fraction of sp³-hybridized carbons (Fsp3) is 0.880. The zero-order chi connectivity index (χ0) is 19.6. The van der Waals surface area contributed by atoms with E-state index in [-0.39, 0.29) is 0 Å². The van der Waals surface area contributed by atoms with Gasteiger partial charge in [-0.05, 0) is 25.7 Å². The minimum Gasteiger partial charge on any atom is -0.234 e. The number of hydrogen-bond acceptors (Lipinski definition) is 0. The van der Waals surface area contributed by atoms with E-state index in [1.54, 1.807) is 5.82 Å². The Labute approximate surface area is 170 Å². The molecule has 0 N–H and O–H groups in total. The summed E-state index contributed by atoms with van der Waals surface area (Å²) in [7, 11) is 0. The molecule has 2 nitrogen and oxygen atoms in total. The Morgan fingerprint density at radius 1 is 0.630 bits per heavy atom. The molecule has 27 heavy (non-hydrogen) atoms. The largest absolute Gasteiger partial charge is 0.256 e. The number of imidazole rings is 1. The second-order valence-corrected chi connectivity index (χ2v) is 8.45.